The summed E-state index contributed by atoms with van der Waals surface area (Å²) in [5.41, 5.74) is 2.99. The van der Waals surface area contributed by atoms with Gasteiger partial charge in [0.1, 0.15) is 11.8 Å². The molecular weight excluding hydrogens is 392 g/mol. The van der Waals surface area contributed by atoms with Crippen molar-refractivity contribution in [2.45, 2.75) is 26.3 Å². The van der Waals surface area contributed by atoms with Crippen molar-refractivity contribution in [1.82, 2.24) is 15.2 Å². The maximum Gasteiger partial charge on any atom is 0.253 e. The molecule has 6 nitrogen and oxygen atoms in total. The predicted octanol–water partition coefficient (Wildman–Crippen LogP) is 3.51. The number of thiocarbonyl (C=S) groups is 1. The average molecular weight is 417 g/mol. The van der Waals surface area contributed by atoms with Crippen LogP contribution in [0.4, 0.5) is 5.69 Å². The lowest BCUT2D eigenvalue weighted by atomic mass is 9.98. The Morgan fingerprint density at radius 1 is 1.39 bits per heavy atom. The van der Waals surface area contributed by atoms with Crippen LogP contribution in [0.3, 0.4) is 0 Å². The van der Waals surface area contributed by atoms with Gasteiger partial charge < -0.3 is 15.0 Å². The number of likely N-dealkylation sites (N-methyl/N-ethyl adjacent to an activating group) is 1. The van der Waals surface area contributed by atoms with Crippen LogP contribution < -0.4 is 15.0 Å². The Morgan fingerprint density at radius 2 is 2.11 bits per heavy atom. The lowest BCUT2D eigenvalue weighted by Crippen LogP contribution is -2.49. The average Bonchev–Trinajstić information content (AvgIpc) is 3.16. The molecule has 0 bridgehead atoms. The summed E-state index contributed by atoms with van der Waals surface area (Å²) >= 11 is 7.28. The highest BCUT2D eigenvalue weighted by Crippen LogP contribution is 2.38. The minimum absolute atomic E-state index is 0.0801. The van der Waals surface area contributed by atoms with E-state index in [1.165, 1.54) is 0 Å². The summed E-state index contributed by atoms with van der Waals surface area (Å²) in [6.45, 7) is 3.98. The van der Waals surface area contributed by atoms with E-state index in [-0.39, 0.29) is 11.9 Å². The van der Waals surface area contributed by atoms with Gasteiger partial charge in [0.25, 0.3) is 5.91 Å². The number of anilines is 1. The molecule has 1 unspecified atom stereocenters. The van der Waals surface area contributed by atoms with E-state index in [4.69, 9.17) is 21.9 Å². The quantitative estimate of drug-likeness (QED) is 0.753. The molecular formula is C20H24N4O2S2. The minimum atomic E-state index is -0.384. The Morgan fingerprint density at radius 3 is 2.71 bits per heavy atom. The molecule has 28 heavy (non-hydrogen) atoms. The van der Waals surface area contributed by atoms with Crippen molar-refractivity contribution < 1.29 is 9.53 Å². The van der Waals surface area contributed by atoms with Crippen LogP contribution in [-0.4, -0.2) is 42.1 Å². The highest BCUT2D eigenvalue weighted by atomic mass is 32.1. The first kappa shape index (κ1) is 20.3. The zero-order valence-electron chi connectivity index (χ0n) is 16.6. The Bertz CT molecular complexity index is 936. The van der Waals surface area contributed by atoms with E-state index < -0.39 is 0 Å². The first-order valence-corrected chi connectivity index (χ1v) is 10.3. The second-order valence-electron chi connectivity index (χ2n) is 6.61. The van der Waals surface area contributed by atoms with E-state index >= 15 is 0 Å². The molecule has 1 aliphatic heterocycles. The maximum atomic E-state index is 13.1. The first-order valence-electron chi connectivity index (χ1n) is 8.99. The molecule has 0 fully saturated rings. The number of allylic oxidation sites excluding steroid dienone is 1. The fourth-order valence-electron chi connectivity index (χ4n) is 3.21. The van der Waals surface area contributed by atoms with Crippen molar-refractivity contribution in [3.05, 3.63) is 51.6 Å². The second-order valence-corrected chi connectivity index (χ2v) is 7.94. The number of amides is 1. The number of aryl methyl sites for hydroxylation is 1. The molecule has 0 saturated carbocycles. The minimum Gasteiger partial charge on any atom is -0.495 e. The zero-order chi connectivity index (χ0) is 20.4. The number of rotatable bonds is 5. The molecule has 1 atom stereocenters. The van der Waals surface area contributed by atoms with Crippen LogP contribution in [0.5, 0.6) is 5.75 Å². The van der Waals surface area contributed by atoms with E-state index in [0.717, 1.165) is 28.5 Å². The Balaban J connectivity index is 2.17. The van der Waals surface area contributed by atoms with Gasteiger partial charge in [0.15, 0.2) is 5.11 Å². The molecule has 0 spiro atoms. The number of aromatic nitrogens is 1. The SMILES string of the molecule is CCc1nc(C2NC(=S)N(c3ccccc3OC)C(C)=C2C(=O)N(C)C)cs1. The number of carbonyl (C=O) groups is 1. The number of carbonyl (C=O) groups excluding carboxylic acids is 1. The maximum absolute atomic E-state index is 13.1. The molecule has 1 aromatic heterocycles. The molecule has 3 rings (SSSR count). The number of para-hydroxylation sites is 2. The lowest BCUT2D eigenvalue weighted by molar-refractivity contribution is -0.125. The van der Waals surface area contributed by atoms with Crippen molar-refractivity contribution in [3.63, 3.8) is 0 Å². The van der Waals surface area contributed by atoms with Crippen molar-refractivity contribution in [3.8, 4) is 5.75 Å². The van der Waals surface area contributed by atoms with Gasteiger partial charge in [-0.25, -0.2) is 4.98 Å². The lowest BCUT2D eigenvalue weighted by Gasteiger charge is -2.38. The van der Waals surface area contributed by atoms with E-state index in [1.54, 1.807) is 37.4 Å². The zero-order valence-corrected chi connectivity index (χ0v) is 18.3. The van der Waals surface area contributed by atoms with E-state index in [9.17, 15) is 4.79 Å². The van der Waals surface area contributed by atoms with Gasteiger partial charge in [-0.3, -0.25) is 9.69 Å². The molecule has 8 heteroatoms. The van der Waals surface area contributed by atoms with Gasteiger partial charge in [-0.15, -0.1) is 11.3 Å². The third kappa shape index (κ3) is 3.62. The van der Waals surface area contributed by atoms with E-state index in [0.29, 0.717) is 16.4 Å². The summed E-state index contributed by atoms with van der Waals surface area (Å²) in [6, 6.07) is 7.23. The van der Waals surface area contributed by atoms with Crippen LogP contribution >= 0.6 is 23.6 Å². The predicted molar refractivity (Wildman–Crippen MR) is 117 cm³/mol. The molecule has 1 aliphatic rings. The Kier molecular flexibility index (Phi) is 6.00. The molecule has 0 aliphatic carbocycles. The van der Waals surface area contributed by atoms with Crippen LogP contribution in [0.1, 0.15) is 30.6 Å². The highest BCUT2D eigenvalue weighted by Gasteiger charge is 2.37. The monoisotopic (exact) mass is 416 g/mol. The van der Waals surface area contributed by atoms with Gasteiger partial charge in [0, 0.05) is 25.2 Å². The molecule has 1 N–H and O–H groups in total. The summed E-state index contributed by atoms with van der Waals surface area (Å²) in [4.78, 5) is 21.2. The van der Waals surface area contributed by atoms with E-state index in [1.807, 2.05) is 41.5 Å². The molecule has 148 valence electrons. The summed E-state index contributed by atoms with van der Waals surface area (Å²) in [7, 11) is 5.12. The number of benzene rings is 1. The van der Waals surface area contributed by atoms with Crippen LogP contribution in [0.2, 0.25) is 0 Å². The second kappa shape index (κ2) is 8.28. The van der Waals surface area contributed by atoms with Crippen LogP contribution in [-0.2, 0) is 11.2 Å². The fraction of sp³-hybridized carbons (Fsp3) is 0.350. The first-order chi connectivity index (χ1) is 13.4. The van der Waals surface area contributed by atoms with Crippen molar-refractivity contribution in [2.75, 3.05) is 26.1 Å². The van der Waals surface area contributed by atoms with Gasteiger partial charge in [0.2, 0.25) is 0 Å². The molecule has 2 heterocycles. The van der Waals surface area contributed by atoms with Crippen molar-refractivity contribution in [2.24, 2.45) is 0 Å². The molecule has 0 saturated heterocycles. The third-order valence-electron chi connectivity index (χ3n) is 4.62. The Labute approximate surface area is 174 Å². The standard InChI is InChI=1S/C20H24N4O2S2/c1-6-16-21-13(11-28-16)18-17(19(25)23(3)4)12(2)24(20(27)22-18)14-9-7-8-10-15(14)26-5/h7-11,18H,6H2,1-5H3,(H,22,27). The smallest absolute Gasteiger partial charge is 0.253 e. The summed E-state index contributed by atoms with van der Waals surface area (Å²) < 4.78 is 5.51. The van der Waals surface area contributed by atoms with Gasteiger partial charge in [-0.2, -0.15) is 0 Å². The number of hydrogen-bond acceptors (Lipinski definition) is 5. The Hall–Kier alpha value is -2.45. The molecule has 0 radical (unpaired) electrons. The molecule has 1 aromatic carbocycles. The largest absolute Gasteiger partial charge is 0.495 e. The number of thiazole rings is 1. The van der Waals surface area contributed by atoms with E-state index in [2.05, 4.69) is 12.2 Å². The van der Waals surface area contributed by atoms with Crippen LogP contribution in [0.15, 0.2) is 40.9 Å². The van der Waals surface area contributed by atoms with Crippen molar-refractivity contribution >= 4 is 40.3 Å². The topological polar surface area (TPSA) is 57.7 Å². The molecule has 2 aromatic rings. The molecule has 1 amide bonds. The summed E-state index contributed by atoms with van der Waals surface area (Å²) in [5, 5.41) is 6.86. The number of nitrogens with one attached hydrogen (secondary N) is 1. The van der Waals surface area contributed by atoms with Gasteiger partial charge >= 0.3 is 0 Å². The highest BCUT2D eigenvalue weighted by molar-refractivity contribution is 7.80. The van der Waals surface area contributed by atoms with Gasteiger partial charge in [-0.05, 0) is 37.7 Å². The van der Waals surface area contributed by atoms with Crippen LogP contribution in [0, 0.1) is 0 Å². The fourth-order valence-corrected chi connectivity index (χ4v) is 4.33. The van der Waals surface area contributed by atoms with Crippen LogP contribution in [0.25, 0.3) is 0 Å². The van der Waals surface area contributed by atoms with Crippen molar-refractivity contribution in [1.29, 1.82) is 0 Å². The van der Waals surface area contributed by atoms with Gasteiger partial charge in [0.05, 0.1) is 29.1 Å². The normalized spacial score (nSPS) is 16.8. The summed E-state index contributed by atoms with van der Waals surface area (Å²) in [5.74, 6) is 0.603. The number of hydrogen-bond donors (Lipinski definition) is 1. The number of ether oxygens (including phenoxy) is 1. The third-order valence-corrected chi connectivity index (χ3v) is 5.93. The number of nitrogens with zero attached hydrogens (tertiary/aromatic N) is 3. The van der Waals surface area contributed by atoms with Gasteiger partial charge in [-0.1, -0.05) is 19.1 Å². The summed E-state index contributed by atoms with van der Waals surface area (Å²) in [6.07, 6.45) is 0.856. The number of methoxy groups -OCH3 is 1.